The van der Waals surface area contributed by atoms with Gasteiger partial charge in [-0.1, -0.05) is 17.3 Å². The van der Waals surface area contributed by atoms with E-state index in [9.17, 15) is 8.42 Å². The zero-order valence-electron chi connectivity index (χ0n) is 8.18. The third-order valence-corrected chi connectivity index (χ3v) is 2.67. The van der Waals surface area contributed by atoms with Crippen molar-refractivity contribution in [3.63, 3.8) is 0 Å². The maximum atomic E-state index is 10.6. The molecule has 0 amide bonds. The van der Waals surface area contributed by atoms with Gasteiger partial charge in [0.1, 0.15) is 5.75 Å². The second-order valence-electron chi connectivity index (χ2n) is 3.24. The van der Waals surface area contributed by atoms with Crippen LogP contribution in [0.5, 0.6) is 0 Å². The second kappa shape index (κ2) is 4.03. The molecule has 0 bridgehead atoms. The Labute approximate surface area is 92.3 Å². The fourth-order valence-corrected chi connectivity index (χ4v) is 1.92. The van der Waals surface area contributed by atoms with E-state index in [-0.39, 0.29) is 5.75 Å². The maximum Gasteiger partial charge on any atom is 0.269 e. The summed E-state index contributed by atoms with van der Waals surface area (Å²) in [5, 5.41) is 7.45. The first kappa shape index (κ1) is 10.8. The van der Waals surface area contributed by atoms with Crippen LogP contribution in [0, 0.1) is 0 Å². The summed E-state index contributed by atoms with van der Waals surface area (Å²) in [6.07, 6.45) is 3.23. The molecule has 0 aliphatic rings. The molecule has 0 radical (unpaired) electrons. The van der Waals surface area contributed by atoms with E-state index in [1.54, 1.807) is 41.3 Å². The van der Waals surface area contributed by atoms with E-state index >= 15 is 0 Å². The van der Waals surface area contributed by atoms with E-state index in [0.29, 0.717) is 5.56 Å². The molecule has 1 heterocycles. The summed E-state index contributed by atoms with van der Waals surface area (Å²) >= 11 is 0. The monoisotopic (exact) mass is 239 g/mol. The molecule has 1 aromatic heterocycles. The topological polar surface area (TPSA) is 85.1 Å². The Morgan fingerprint density at radius 2 is 1.94 bits per heavy atom. The molecule has 1 aromatic carbocycles. The Balaban J connectivity index is 2.24. The Morgan fingerprint density at radius 1 is 1.25 bits per heavy atom. The average Bonchev–Trinajstić information content (AvgIpc) is 2.69. The summed E-state index contributed by atoms with van der Waals surface area (Å²) in [6, 6.07) is 6.64. The predicted molar refractivity (Wildman–Crippen MR) is 56.6 cm³/mol. The van der Waals surface area contributed by atoms with Gasteiger partial charge in [-0.15, -0.1) is 5.10 Å². The van der Waals surface area contributed by atoms with Gasteiger partial charge in [0.05, 0.1) is 18.1 Å². The Hall–Kier alpha value is -1.73. The highest BCUT2D eigenvalue weighted by molar-refractivity contribution is 7.85. The van der Waals surface area contributed by atoms with Crippen LogP contribution in [0.4, 0.5) is 0 Å². The lowest BCUT2D eigenvalue weighted by molar-refractivity contribution is 0.482. The van der Waals surface area contributed by atoms with Crippen molar-refractivity contribution in [1.29, 1.82) is 0 Å². The SMILES string of the molecule is O=S(=O)(O)Cc1ccc(-n2ccnn2)cc1. The number of benzene rings is 1. The summed E-state index contributed by atoms with van der Waals surface area (Å²) in [5.74, 6) is -0.384. The van der Waals surface area contributed by atoms with Crippen LogP contribution in [0.15, 0.2) is 36.7 Å². The molecule has 84 valence electrons. The Bertz CT molecular complexity index is 561. The van der Waals surface area contributed by atoms with Crippen LogP contribution in [0.3, 0.4) is 0 Å². The van der Waals surface area contributed by atoms with Gasteiger partial charge in [0.2, 0.25) is 0 Å². The largest absolute Gasteiger partial charge is 0.285 e. The van der Waals surface area contributed by atoms with Gasteiger partial charge in [-0.25, -0.2) is 4.68 Å². The molecule has 0 spiro atoms. The molecular formula is C9H9N3O3S. The fourth-order valence-electron chi connectivity index (χ4n) is 1.30. The van der Waals surface area contributed by atoms with E-state index < -0.39 is 10.1 Å². The summed E-state index contributed by atoms with van der Waals surface area (Å²) in [7, 11) is -3.98. The molecule has 0 aliphatic carbocycles. The highest BCUT2D eigenvalue weighted by Gasteiger charge is 2.06. The normalized spacial score (nSPS) is 11.6. The number of hydrogen-bond acceptors (Lipinski definition) is 4. The van der Waals surface area contributed by atoms with Crippen LogP contribution in [0.2, 0.25) is 0 Å². The van der Waals surface area contributed by atoms with Crippen molar-refractivity contribution in [3.8, 4) is 5.69 Å². The number of aromatic nitrogens is 3. The van der Waals surface area contributed by atoms with Gasteiger partial charge >= 0.3 is 0 Å². The first-order chi connectivity index (χ1) is 7.54. The van der Waals surface area contributed by atoms with Gasteiger partial charge in [-0.05, 0) is 17.7 Å². The first-order valence-electron chi connectivity index (χ1n) is 4.45. The summed E-state index contributed by atoms with van der Waals surface area (Å²) in [6.45, 7) is 0. The molecule has 0 atom stereocenters. The highest BCUT2D eigenvalue weighted by atomic mass is 32.2. The van der Waals surface area contributed by atoms with E-state index in [1.807, 2.05) is 0 Å². The molecule has 0 saturated carbocycles. The molecule has 2 aromatic rings. The summed E-state index contributed by atoms with van der Waals surface area (Å²) in [5.41, 5.74) is 1.29. The molecule has 0 fully saturated rings. The van der Waals surface area contributed by atoms with Crippen molar-refractivity contribution < 1.29 is 13.0 Å². The number of hydrogen-bond donors (Lipinski definition) is 1. The van der Waals surface area contributed by atoms with E-state index in [1.165, 1.54) is 0 Å². The van der Waals surface area contributed by atoms with Crippen molar-refractivity contribution in [1.82, 2.24) is 15.0 Å². The third kappa shape index (κ3) is 2.65. The van der Waals surface area contributed by atoms with Gasteiger partial charge < -0.3 is 0 Å². The molecular weight excluding hydrogens is 230 g/mol. The molecule has 0 saturated heterocycles. The number of nitrogens with zero attached hydrogens (tertiary/aromatic N) is 3. The van der Waals surface area contributed by atoms with Crippen LogP contribution < -0.4 is 0 Å². The quantitative estimate of drug-likeness (QED) is 0.795. The minimum absolute atomic E-state index is 0.384. The van der Waals surface area contributed by atoms with Crippen LogP contribution in [0.25, 0.3) is 5.69 Å². The Kier molecular flexibility index (Phi) is 2.71. The van der Waals surface area contributed by atoms with Crippen LogP contribution in [0.1, 0.15) is 5.56 Å². The minimum Gasteiger partial charge on any atom is -0.285 e. The van der Waals surface area contributed by atoms with Gasteiger partial charge in [0, 0.05) is 0 Å². The van der Waals surface area contributed by atoms with Gasteiger partial charge in [-0.3, -0.25) is 4.55 Å². The summed E-state index contributed by atoms with van der Waals surface area (Å²) < 4.78 is 31.5. The fraction of sp³-hybridized carbons (Fsp3) is 0.111. The maximum absolute atomic E-state index is 10.6. The van der Waals surface area contributed by atoms with Gasteiger partial charge in [0.25, 0.3) is 10.1 Å². The number of rotatable bonds is 3. The molecule has 7 heteroatoms. The second-order valence-corrected chi connectivity index (χ2v) is 4.69. The lowest BCUT2D eigenvalue weighted by Crippen LogP contribution is -2.02. The smallest absolute Gasteiger partial charge is 0.269 e. The predicted octanol–water partition coefficient (Wildman–Crippen LogP) is 0.655. The van der Waals surface area contributed by atoms with Crippen molar-refractivity contribution in [2.45, 2.75) is 5.75 Å². The molecule has 2 rings (SSSR count). The standard InChI is InChI=1S/C9H9N3O3S/c13-16(14,15)7-8-1-3-9(4-2-8)12-6-5-10-11-12/h1-6H,7H2,(H,13,14,15). The molecule has 0 unspecified atom stereocenters. The van der Waals surface area contributed by atoms with E-state index in [2.05, 4.69) is 10.3 Å². The van der Waals surface area contributed by atoms with Crippen molar-refractivity contribution in [2.24, 2.45) is 0 Å². The molecule has 1 N–H and O–H groups in total. The van der Waals surface area contributed by atoms with Crippen molar-refractivity contribution in [2.75, 3.05) is 0 Å². The van der Waals surface area contributed by atoms with E-state index in [0.717, 1.165) is 5.69 Å². The van der Waals surface area contributed by atoms with Crippen LogP contribution in [-0.2, 0) is 15.9 Å². The van der Waals surface area contributed by atoms with E-state index in [4.69, 9.17) is 4.55 Å². The first-order valence-corrected chi connectivity index (χ1v) is 6.06. The summed E-state index contributed by atoms with van der Waals surface area (Å²) in [4.78, 5) is 0. The molecule has 0 aliphatic heterocycles. The van der Waals surface area contributed by atoms with Crippen LogP contribution >= 0.6 is 0 Å². The Morgan fingerprint density at radius 3 is 2.44 bits per heavy atom. The van der Waals surface area contributed by atoms with Crippen LogP contribution in [-0.4, -0.2) is 28.0 Å². The third-order valence-electron chi connectivity index (χ3n) is 1.97. The zero-order chi connectivity index (χ0) is 11.6. The van der Waals surface area contributed by atoms with Crippen molar-refractivity contribution >= 4 is 10.1 Å². The minimum atomic E-state index is -3.98. The lowest BCUT2D eigenvalue weighted by Gasteiger charge is -2.02. The van der Waals surface area contributed by atoms with Gasteiger partial charge in [-0.2, -0.15) is 8.42 Å². The zero-order valence-corrected chi connectivity index (χ0v) is 9.00. The van der Waals surface area contributed by atoms with Gasteiger partial charge in [0.15, 0.2) is 0 Å². The highest BCUT2D eigenvalue weighted by Crippen LogP contribution is 2.10. The molecule has 16 heavy (non-hydrogen) atoms. The molecule has 6 nitrogen and oxygen atoms in total. The lowest BCUT2D eigenvalue weighted by atomic mass is 10.2. The average molecular weight is 239 g/mol. The van der Waals surface area contributed by atoms with Crippen molar-refractivity contribution in [3.05, 3.63) is 42.2 Å².